The van der Waals surface area contributed by atoms with Gasteiger partial charge in [0.05, 0.1) is 25.4 Å². The van der Waals surface area contributed by atoms with E-state index < -0.39 is 5.60 Å². The quantitative estimate of drug-likeness (QED) is 0.915. The summed E-state index contributed by atoms with van der Waals surface area (Å²) in [5.74, 6) is 0. The number of ether oxygens (including phenoxy) is 1. The van der Waals surface area contributed by atoms with E-state index in [-0.39, 0.29) is 18.7 Å². The number of carbonyl (C=O) groups excluding carboxylic acids is 1. The van der Waals surface area contributed by atoms with Crippen molar-refractivity contribution in [3.05, 3.63) is 11.9 Å². The van der Waals surface area contributed by atoms with E-state index >= 15 is 0 Å². The fraction of sp³-hybridized carbons (Fsp3) is 0.786. The minimum absolute atomic E-state index is 0.0573. The van der Waals surface area contributed by atoms with E-state index in [1.54, 1.807) is 15.8 Å². The molecular weight excluding hydrogens is 272 g/mol. The molecule has 1 atom stereocenters. The predicted molar refractivity (Wildman–Crippen MR) is 76.5 cm³/mol. The Bertz CT molecular complexity index is 481. The number of hydrogen-bond acceptors (Lipinski definition) is 5. The Hall–Kier alpha value is -1.63. The zero-order chi connectivity index (χ0) is 15.5. The lowest BCUT2D eigenvalue weighted by Gasteiger charge is -2.36. The molecule has 0 spiro atoms. The highest BCUT2D eigenvalue weighted by atomic mass is 16.6. The molecule has 0 aromatic carbocycles. The number of likely N-dealkylation sites (tertiary alicyclic amines) is 1. The molecule has 1 saturated heterocycles. The summed E-state index contributed by atoms with van der Waals surface area (Å²) >= 11 is 0. The first-order valence-electron chi connectivity index (χ1n) is 7.38. The van der Waals surface area contributed by atoms with Gasteiger partial charge in [-0.3, -0.25) is 4.68 Å². The van der Waals surface area contributed by atoms with Gasteiger partial charge in [-0.2, -0.15) is 0 Å². The molecule has 0 saturated carbocycles. The SMILES string of the molecule is CC(C)(C)OC(=O)N1CCCC[C@H]1Cn1cc(CO)nn1. The van der Waals surface area contributed by atoms with Gasteiger partial charge in [-0.25, -0.2) is 4.79 Å². The number of carbonyl (C=O) groups is 1. The Labute approximate surface area is 124 Å². The molecule has 118 valence electrons. The lowest BCUT2D eigenvalue weighted by atomic mass is 10.0. The van der Waals surface area contributed by atoms with Crippen molar-refractivity contribution in [1.29, 1.82) is 0 Å². The maximum Gasteiger partial charge on any atom is 0.410 e. The first kappa shape index (κ1) is 15.8. The van der Waals surface area contributed by atoms with E-state index in [9.17, 15) is 4.79 Å². The van der Waals surface area contributed by atoms with E-state index in [1.807, 2.05) is 20.8 Å². The third-order valence-electron chi connectivity index (χ3n) is 3.40. The van der Waals surface area contributed by atoms with Crippen LogP contribution in [0.15, 0.2) is 6.20 Å². The van der Waals surface area contributed by atoms with Crippen LogP contribution in [0.25, 0.3) is 0 Å². The number of rotatable bonds is 3. The van der Waals surface area contributed by atoms with Crippen LogP contribution >= 0.6 is 0 Å². The minimum atomic E-state index is -0.490. The highest BCUT2D eigenvalue weighted by Gasteiger charge is 2.30. The summed E-state index contributed by atoms with van der Waals surface area (Å²) in [6.07, 6.45) is 4.45. The van der Waals surface area contributed by atoms with Gasteiger partial charge < -0.3 is 14.7 Å². The Morgan fingerprint density at radius 2 is 2.24 bits per heavy atom. The molecule has 7 nitrogen and oxygen atoms in total. The number of aliphatic hydroxyl groups excluding tert-OH is 1. The van der Waals surface area contributed by atoms with Crippen LogP contribution in [0.4, 0.5) is 4.79 Å². The van der Waals surface area contributed by atoms with Gasteiger partial charge in [0, 0.05) is 6.54 Å². The predicted octanol–water partition coefficient (Wildman–Crippen LogP) is 1.56. The fourth-order valence-electron chi connectivity index (χ4n) is 2.47. The van der Waals surface area contributed by atoms with E-state index in [4.69, 9.17) is 9.84 Å². The van der Waals surface area contributed by atoms with Crippen LogP contribution in [0.1, 0.15) is 45.7 Å². The van der Waals surface area contributed by atoms with Crippen molar-refractivity contribution in [2.45, 2.75) is 64.8 Å². The van der Waals surface area contributed by atoms with Gasteiger partial charge in [0.15, 0.2) is 0 Å². The Morgan fingerprint density at radius 3 is 2.86 bits per heavy atom. The first-order chi connectivity index (χ1) is 9.89. The second kappa shape index (κ2) is 6.43. The molecule has 1 aromatic rings. The third kappa shape index (κ3) is 4.42. The molecule has 1 amide bonds. The highest BCUT2D eigenvalue weighted by Crippen LogP contribution is 2.21. The Kier molecular flexibility index (Phi) is 4.82. The molecule has 1 aliphatic heterocycles. The number of aliphatic hydroxyl groups is 1. The van der Waals surface area contributed by atoms with Crippen molar-refractivity contribution >= 4 is 6.09 Å². The first-order valence-corrected chi connectivity index (χ1v) is 7.38. The smallest absolute Gasteiger partial charge is 0.410 e. The van der Waals surface area contributed by atoms with Crippen molar-refractivity contribution in [3.8, 4) is 0 Å². The summed E-state index contributed by atoms with van der Waals surface area (Å²) in [5.41, 5.74) is 0.0470. The molecule has 21 heavy (non-hydrogen) atoms. The van der Waals surface area contributed by atoms with Crippen molar-refractivity contribution in [2.24, 2.45) is 0 Å². The van der Waals surface area contributed by atoms with E-state index in [1.165, 1.54) is 0 Å². The van der Waals surface area contributed by atoms with Gasteiger partial charge in [0.2, 0.25) is 0 Å². The monoisotopic (exact) mass is 296 g/mol. The van der Waals surface area contributed by atoms with Gasteiger partial charge in [-0.15, -0.1) is 5.10 Å². The van der Waals surface area contributed by atoms with Crippen LogP contribution in [0, 0.1) is 0 Å². The van der Waals surface area contributed by atoms with Crippen LogP contribution < -0.4 is 0 Å². The molecule has 1 aromatic heterocycles. The standard InChI is InChI=1S/C14H24N4O3/c1-14(2,3)21-13(20)18-7-5-4-6-12(18)9-17-8-11(10-19)15-16-17/h8,12,19H,4-7,9-10H2,1-3H3/t12-/m0/s1. The number of aromatic nitrogens is 3. The molecule has 1 fully saturated rings. The molecule has 7 heteroatoms. The van der Waals surface area contributed by atoms with Gasteiger partial charge >= 0.3 is 6.09 Å². The topological polar surface area (TPSA) is 80.5 Å². The van der Waals surface area contributed by atoms with Crippen LogP contribution in [-0.2, 0) is 17.9 Å². The molecule has 1 N–H and O–H groups in total. The van der Waals surface area contributed by atoms with Crippen LogP contribution in [-0.4, -0.2) is 49.3 Å². The van der Waals surface area contributed by atoms with Gasteiger partial charge in [0.1, 0.15) is 11.3 Å². The summed E-state index contributed by atoms with van der Waals surface area (Å²) in [6, 6.07) is 0.0573. The maximum atomic E-state index is 12.3. The van der Waals surface area contributed by atoms with Crippen molar-refractivity contribution in [3.63, 3.8) is 0 Å². The molecule has 0 radical (unpaired) electrons. The Balaban J connectivity index is 2.02. The molecule has 0 bridgehead atoms. The summed E-state index contributed by atoms with van der Waals surface area (Å²) in [5, 5.41) is 16.9. The number of piperidine rings is 1. The lowest BCUT2D eigenvalue weighted by molar-refractivity contribution is 0.00733. The van der Waals surface area contributed by atoms with E-state index in [0.717, 1.165) is 19.3 Å². The third-order valence-corrected chi connectivity index (χ3v) is 3.40. The zero-order valence-electron chi connectivity index (χ0n) is 12.9. The van der Waals surface area contributed by atoms with Crippen LogP contribution in [0.5, 0.6) is 0 Å². The highest BCUT2D eigenvalue weighted by molar-refractivity contribution is 5.68. The van der Waals surface area contributed by atoms with Gasteiger partial charge in [-0.05, 0) is 40.0 Å². The summed E-state index contributed by atoms with van der Waals surface area (Å²) in [7, 11) is 0. The molecular formula is C14H24N4O3. The van der Waals surface area contributed by atoms with Crippen molar-refractivity contribution in [2.75, 3.05) is 6.54 Å². The maximum absolute atomic E-state index is 12.3. The summed E-state index contributed by atoms with van der Waals surface area (Å²) < 4.78 is 7.15. The zero-order valence-corrected chi connectivity index (χ0v) is 12.9. The lowest BCUT2D eigenvalue weighted by Crippen LogP contribution is -2.47. The average Bonchev–Trinajstić information content (AvgIpc) is 2.85. The van der Waals surface area contributed by atoms with Gasteiger partial charge in [-0.1, -0.05) is 5.21 Å². The number of amides is 1. The number of hydrogen-bond donors (Lipinski definition) is 1. The minimum Gasteiger partial charge on any atom is -0.444 e. The van der Waals surface area contributed by atoms with Gasteiger partial charge in [0.25, 0.3) is 0 Å². The Morgan fingerprint density at radius 1 is 1.48 bits per heavy atom. The summed E-state index contributed by atoms with van der Waals surface area (Å²) in [6.45, 7) is 6.77. The molecule has 0 unspecified atom stereocenters. The average molecular weight is 296 g/mol. The number of nitrogens with zero attached hydrogens (tertiary/aromatic N) is 4. The van der Waals surface area contributed by atoms with E-state index in [2.05, 4.69) is 10.3 Å². The second-order valence-electron chi connectivity index (χ2n) is 6.41. The van der Waals surface area contributed by atoms with Crippen molar-refractivity contribution < 1.29 is 14.6 Å². The van der Waals surface area contributed by atoms with Crippen molar-refractivity contribution in [1.82, 2.24) is 19.9 Å². The molecule has 2 heterocycles. The van der Waals surface area contributed by atoms with E-state index in [0.29, 0.717) is 18.8 Å². The van der Waals surface area contributed by atoms with Crippen LogP contribution in [0.2, 0.25) is 0 Å². The normalized spacial score (nSPS) is 19.6. The summed E-state index contributed by atoms with van der Waals surface area (Å²) in [4.78, 5) is 14.1. The second-order valence-corrected chi connectivity index (χ2v) is 6.41. The molecule has 1 aliphatic rings. The fourth-order valence-corrected chi connectivity index (χ4v) is 2.47. The molecule has 2 rings (SSSR count). The van der Waals surface area contributed by atoms with Crippen LogP contribution in [0.3, 0.4) is 0 Å². The molecule has 0 aliphatic carbocycles. The largest absolute Gasteiger partial charge is 0.444 e.